The van der Waals surface area contributed by atoms with Gasteiger partial charge in [-0.3, -0.25) is 0 Å². The van der Waals surface area contributed by atoms with Crippen LogP contribution in [0.25, 0.3) is 11.4 Å². The number of para-hydroxylation sites is 1. The molecule has 1 N–H and O–H groups in total. The van der Waals surface area contributed by atoms with E-state index in [0.717, 1.165) is 24.4 Å². The standard InChI is InChI=1S/C15H19N3O2/c1-3-19-13-7-5-4-6-12(13)14-17-15(20-18-14)10(2)11-8-16-9-11/h4-7,10-11,16H,3,8-9H2,1-2H3. The number of nitrogens with zero attached hydrogens (tertiary/aromatic N) is 2. The minimum absolute atomic E-state index is 0.289. The molecule has 0 bridgehead atoms. The molecule has 106 valence electrons. The summed E-state index contributed by atoms with van der Waals surface area (Å²) in [7, 11) is 0. The van der Waals surface area contributed by atoms with Crippen LogP contribution in [0.2, 0.25) is 0 Å². The number of aromatic nitrogens is 2. The molecule has 1 aliphatic rings. The van der Waals surface area contributed by atoms with Gasteiger partial charge in [-0.2, -0.15) is 4.98 Å². The van der Waals surface area contributed by atoms with Crippen molar-refractivity contribution in [3.63, 3.8) is 0 Å². The molecule has 1 aliphatic heterocycles. The van der Waals surface area contributed by atoms with E-state index in [9.17, 15) is 0 Å². The van der Waals surface area contributed by atoms with Crippen molar-refractivity contribution < 1.29 is 9.26 Å². The molecule has 1 fully saturated rings. The van der Waals surface area contributed by atoms with E-state index in [1.54, 1.807) is 0 Å². The van der Waals surface area contributed by atoms with Crippen LogP contribution in [0.1, 0.15) is 25.7 Å². The summed E-state index contributed by atoms with van der Waals surface area (Å²) in [5.74, 6) is 2.98. The van der Waals surface area contributed by atoms with Crippen molar-refractivity contribution in [1.29, 1.82) is 0 Å². The zero-order valence-corrected chi connectivity index (χ0v) is 11.8. The Morgan fingerprint density at radius 1 is 1.40 bits per heavy atom. The second-order valence-corrected chi connectivity index (χ2v) is 5.09. The van der Waals surface area contributed by atoms with Gasteiger partial charge in [-0.25, -0.2) is 0 Å². The van der Waals surface area contributed by atoms with Gasteiger partial charge in [0.1, 0.15) is 5.75 Å². The summed E-state index contributed by atoms with van der Waals surface area (Å²) in [6.07, 6.45) is 0. The van der Waals surface area contributed by atoms with Crippen LogP contribution in [-0.2, 0) is 0 Å². The maximum Gasteiger partial charge on any atom is 0.230 e. The smallest absolute Gasteiger partial charge is 0.230 e. The van der Waals surface area contributed by atoms with E-state index >= 15 is 0 Å². The van der Waals surface area contributed by atoms with E-state index in [4.69, 9.17) is 9.26 Å². The minimum Gasteiger partial charge on any atom is -0.493 e. The summed E-state index contributed by atoms with van der Waals surface area (Å²) in [4.78, 5) is 4.54. The van der Waals surface area contributed by atoms with Gasteiger partial charge in [0.15, 0.2) is 0 Å². The van der Waals surface area contributed by atoms with E-state index in [1.807, 2.05) is 31.2 Å². The number of ether oxygens (including phenoxy) is 1. The molecule has 3 rings (SSSR count). The lowest BCUT2D eigenvalue weighted by atomic mass is 9.89. The molecule has 0 saturated carbocycles. The van der Waals surface area contributed by atoms with E-state index in [-0.39, 0.29) is 5.92 Å². The molecule has 5 heteroatoms. The van der Waals surface area contributed by atoms with Crippen molar-refractivity contribution in [1.82, 2.24) is 15.5 Å². The highest BCUT2D eigenvalue weighted by Crippen LogP contribution is 2.31. The van der Waals surface area contributed by atoms with E-state index in [2.05, 4.69) is 22.4 Å². The fourth-order valence-corrected chi connectivity index (χ4v) is 2.33. The van der Waals surface area contributed by atoms with Gasteiger partial charge in [0.05, 0.1) is 12.2 Å². The first-order chi connectivity index (χ1) is 9.79. The van der Waals surface area contributed by atoms with Crippen molar-refractivity contribution in [2.75, 3.05) is 19.7 Å². The molecule has 1 atom stereocenters. The average Bonchev–Trinajstić information content (AvgIpc) is 2.87. The van der Waals surface area contributed by atoms with Gasteiger partial charge in [-0.1, -0.05) is 24.2 Å². The highest BCUT2D eigenvalue weighted by atomic mass is 16.5. The molecule has 2 aromatic rings. The number of hydrogen-bond acceptors (Lipinski definition) is 5. The fourth-order valence-electron chi connectivity index (χ4n) is 2.33. The Bertz CT molecular complexity index is 578. The third kappa shape index (κ3) is 2.41. The Kier molecular flexibility index (Phi) is 3.69. The Labute approximate surface area is 118 Å². The minimum atomic E-state index is 0.289. The summed E-state index contributed by atoms with van der Waals surface area (Å²) in [6.45, 7) is 6.76. The molecule has 1 aromatic carbocycles. The second kappa shape index (κ2) is 5.63. The van der Waals surface area contributed by atoms with Crippen molar-refractivity contribution in [2.24, 2.45) is 5.92 Å². The molecule has 0 spiro atoms. The van der Waals surface area contributed by atoms with Crippen LogP contribution >= 0.6 is 0 Å². The van der Waals surface area contributed by atoms with Crippen LogP contribution in [0, 0.1) is 5.92 Å². The lowest BCUT2D eigenvalue weighted by Crippen LogP contribution is -2.44. The van der Waals surface area contributed by atoms with Gasteiger partial charge in [-0.15, -0.1) is 0 Å². The topological polar surface area (TPSA) is 60.2 Å². The molecule has 2 heterocycles. The molecule has 1 aromatic heterocycles. The van der Waals surface area contributed by atoms with Gasteiger partial charge in [0.2, 0.25) is 11.7 Å². The third-order valence-electron chi connectivity index (χ3n) is 3.78. The van der Waals surface area contributed by atoms with Crippen LogP contribution in [-0.4, -0.2) is 29.8 Å². The van der Waals surface area contributed by atoms with Gasteiger partial charge < -0.3 is 14.6 Å². The van der Waals surface area contributed by atoms with Gasteiger partial charge in [0.25, 0.3) is 0 Å². The third-order valence-corrected chi connectivity index (χ3v) is 3.78. The van der Waals surface area contributed by atoms with Gasteiger partial charge in [-0.05, 0) is 38.1 Å². The molecule has 0 amide bonds. The average molecular weight is 273 g/mol. The molecular weight excluding hydrogens is 254 g/mol. The lowest BCUT2D eigenvalue weighted by molar-refractivity contribution is 0.252. The van der Waals surface area contributed by atoms with E-state index in [1.165, 1.54) is 0 Å². The van der Waals surface area contributed by atoms with E-state index < -0.39 is 0 Å². The van der Waals surface area contributed by atoms with Crippen LogP contribution < -0.4 is 10.1 Å². The molecule has 0 aliphatic carbocycles. The summed E-state index contributed by atoms with van der Waals surface area (Å²) < 4.78 is 11.0. The SMILES string of the molecule is CCOc1ccccc1-c1noc(C(C)C2CNC2)n1. The number of benzene rings is 1. The quantitative estimate of drug-likeness (QED) is 0.906. The molecule has 20 heavy (non-hydrogen) atoms. The maximum atomic E-state index is 5.61. The Morgan fingerprint density at radius 3 is 2.90 bits per heavy atom. The lowest BCUT2D eigenvalue weighted by Gasteiger charge is -2.30. The Balaban J connectivity index is 1.86. The second-order valence-electron chi connectivity index (χ2n) is 5.09. The largest absolute Gasteiger partial charge is 0.493 e. The number of nitrogens with one attached hydrogen (secondary N) is 1. The van der Waals surface area contributed by atoms with Gasteiger partial charge >= 0.3 is 0 Å². The fraction of sp³-hybridized carbons (Fsp3) is 0.467. The summed E-state index contributed by atoms with van der Waals surface area (Å²) in [5, 5.41) is 7.37. The number of hydrogen-bond donors (Lipinski definition) is 1. The summed E-state index contributed by atoms with van der Waals surface area (Å²) in [5.41, 5.74) is 0.878. The molecule has 1 saturated heterocycles. The van der Waals surface area contributed by atoms with Crippen molar-refractivity contribution in [3.8, 4) is 17.1 Å². The first-order valence-electron chi connectivity index (χ1n) is 7.06. The zero-order valence-electron chi connectivity index (χ0n) is 11.8. The van der Waals surface area contributed by atoms with Crippen LogP contribution in [0.4, 0.5) is 0 Å². The molecule has 0 radical (unpaired) electrons. The normalized spacial score (nSPS) is 16.7. The van der Waals surface area contributed by atoms with Crippen LogP contribution in [0.5, 0.6) is 5.75 Å². The van der Waals surface area contributed by atoms with Gasteiger partial charge in [0, 0.05) is 5.92 Å². The van der Waals surface area contributed by atoms with Crippen LogP contribution in [0.15, 0.2) is 28.8 Å². The predicted molar refractivity (Wildman–Crippen MR) is 75.7 cm³/mol. The first kappa shape index (κ1) is 13.1. The van der Waals surface area contributed by atoms with Crippen molar-refractivity contribution in [2.45, 2.75) is 19.8 Å². The monoisotopic (exact) mass is 273 g/mol. The number of rotatable bonds is 5. The van der Waals surface area contributed by atoms with Crippen molar-refractivity contribution >= 4 is 0 Å². The highest BCUT2D eigenvalue weighted by Gasteiger charge is 2.29. The Hall–Kier alpha value is -1.88. The first-order valence-corrected chi connectivity index (χ1v) is 7.06. The molecule has 1 unspecified atom stereocenters. The summed E-state index contributed by atoms with van der Waals surface area (Å²) in [6, 6.07) is 7.77. The molecular formula is C15H19N3O2. The Morgan fingerprint density at radius 2 is 2.20 bits per heavy atom. The summed E-state index contributed by atoms with van der Waals surface area (Å²) >= 11 is 0. The van der Waals surface area contributed by atoms with E-state index in [0.29, 0.717) is 24.2 Å². The maximum absolute atomic E-state index is 5.61. The zero-order chi connectivity index (χ0) is 13.9. The molecule has 5 nitrogen and oxygen atoms in total. The highest BCUT2D eigenvalue weighted by molar-refractivity contribution is 5.63. The van der Waals surface area contributed by atoms with Crippen molar-refractivity contribution in [3.05, 3.63) is 30.2 Å². The van der Waals surface area contributed by atoms with Crippen LogP contribution in [0.3, 0.4) is 0 Å². The predicted octanol–water partition coefficient (Wildman–Crippen LogP) is 2.46.